The number of amides is 1. The maximum Gasteiger partial charge on any atom is 0.227 e. The summed E-state index contributed by atoms with van der Waals surface area (Å²) in [6.07, 6.45) is 5.70. The van der Waals surface area contributed by atoms with E-state index in [9.17, 15) is 4.79 Å². The molecule has 0 atom stereocenters. The first-order chi connectivity index (χ1) is 6.66. The maximum atomic E-state index is 11.8. The van der Waals surface area contributed by atoms with Crippen LogP contribution >= 0.6 is 0 Å². The highest BCUT2D eigenvalue weighted by atomic mass is 16.2. The van der Waals surface area contributed by atoms with Crippen molar-refractivity contribution in [1.82, 2.24) is 5.32 Å². The second-order valence-electron chi connectivity index (χ2n) is 5.02. The molecule has 2 fully saturated rings. The van der Waals surface area contributed by atoms with E-state index in [1.54, 1.807) is 0 Å². The van der Waals surface area contributed by atoms with Crippen LogP contribution in [0.2, 0.25) is 0 Å². The third-order valence-electron chi connectivity index (χ3n) is 4.06. The molecule has 0 spiro atoms. The first-order valence-electron chi connectivity index (χ1n) is 5.65. The predicted octanol–water partition coefficient (Wildman–Crippen LogP) is 1.03. The number of hydrogen-bond donors (Lipinski definition) is 2. The fourth-order valence-electron chi connectivity index (χ4n) is 1.96. The van der Waals surface area contributed by atoms with Crippen molar-refractivity contribution in [2.45, 2.75) is 39.0 Å². The highest BCUT2D eigenvalue weighted by Crippen LogP contribution is 2.49. The minimum Gasteiger partial charge on any atom is -0.355 e. The number of rotatable bonds is 5. The molecular weight excluding hydrogens is 176 g/mol. The van der Waals surface area contributed by atoms with E-state index in [0.29, 0.717) is 12.0 Å². The molecular formula is C11H20N2O. The molecule has 0 aromatic carbocycles. The van der Waals surface area contributed by atoms with Crippen molar-refractivity contribution >= 4 is 5.91 Å². The van der Waals surface area contributed by atoms with E-state index in [4.69, 9.17) is 5.73 Å². The van der Waals surface area contributed by atoms with Gasteiger partial charge in [0.05, 0.1) is 5.41 Å². The Bertz CT molecular complexity index is 242. The molecule has 3 heteroatoms. The Kier molecular flexibility index (Phi) is 2.30. The quantitative estimate of drug-likeness (QED) is 0.690. The lowest BCUT2D eigenvalue weighted by atomic mass is 10.0. The van der Waals surface area contributed by atoms with Gasteiger partial charge in [-0.05, 0) is 37.5 Å². The Morgan fingerprint density at radius 2 is 2.00 bits per heavy atom. The Balaban J connectivity index is 1.78. The van der Waals surface area contributed by atoms with Gasteiger partial charge in [-0.3, -0.25) is 4.79 Å². The largest absolute Gasteiger partial charge is 0.355 e. The van der Waals surface area contributed by atoms with Crippen LogP contribution in [0.5, 0.6) is 0 Å². The molecule has 2 rings (SSSR count). The van der Waals surface area contributed by atoms with E-state index in [1.807, 2.05) is 0 Å². The summed E-state index contributed by atoms with van der Waals surface area (Å²) in [6.45, 7) is 3.58. The molecule has 2 aliphatic rings. The van der Waals surface area contributed by atoms with Gasteiger partial charge in [-0.2, -0.15) is 0 Å². The van der Waals surface area contributed by atoms with Crippen LogP contribution < -0.4 is 11.1 Å². The van der Waals surface area contributed by atoms with Crippen LogP contribution in [0, 0.1) is 10.8 Å². The molecule has 0 bridgehead atoms. The summed E-state index contributed by atoms with van der Waals surface area (Å²) in [5.41, 5.74) is 5.86. The number of nitrogens with two attached hydrogens (primary N) is 1. The van der Waals surface area contributed by atoms with Gasteiger partial charge < -0.3 is 11.1 Å². The standard InChI is InChI=1S/C11H20N2O/c1-2-10(3-4-10)8-13-9(14)11(7-12)5-6-11/h2-8,12H2,1H3,(H,13,14). The summed E-state index contributed by atoms with van der Waals surface area (Å²) in [4.78, 5) is 11.8. The fourth-order valence-corrected chi connectivity index (χ4v) is 1.96. The van der Waals surface area contributed by atoms with E-state index < -0.39 is 0 Å². The molecule has 0 aromatic heterocycles. The van der Waals surface area contributed by atoms with Crippen LogP contribution in [0.15, 0.2) is 0 Å². The van der Waals surface area contributed by atoms with Gasteiger partial charge in [0, 0.05) is 13.1 Å². The van der Waals surface area contributed by atoms with Crippen LogP contribution in [0.1, 0.15) is 39.0 Å². The summed E-state index contributed by atoms with van der Waals surface area (Å²) >= 11 is 0. The van der Waals surface area contributed by atoms with Gasteiger partial charge in [-0.25, -0.2) is 0 Å². The summed E-state index contributed by atoms with van der Waals surface area (Å²) in [5, 5.41) is 3.07. The number of nitrogens with one attached hydrogen (secondary N) is 1. The Labute approximate surface area is 85.4 Å². The van der Waals surface area contributed by atoms with Crippen LogP contribution in [0.3, 0.4) is 0 Å². The smallest absolute Gasteiger partial charge is 0.227 e. The zero-order valence-corrected chi connectivity index (χ0v) is 8.94. The van der Waals surface area contributed by atoms with Crippen LogP contribution in [0.4, 0.5) is 0 Å². The summed E-state index contributed by atoms with van der Waals surface area (Å²) in [5.74, 6) is 0.194. The molecule has 0 aromatic rings. The lowest BCUT2D eigenvalue weighted by Crippen LogP contribution is -2.39. The molecule has 0 radical (unpaired) electrons. The second kappa shape index (κ2) is 3.23. The summed E-state index contributed by atoms with van der Waals surface area (Å²) < 4.78 is 0. The molecule has 1 amide bonds. The van der Waals surface area contributed by atoms with Crippen molar-refractivity contribution < 1.29 is 4.79 Å². The maximum absolute atomic E-state index is 11.8. The zero-order chi connectivity index (χ0) is 10.2. The zero-order valence-electron chi connectivity index (χ0n) is 8.94. The van der Waals surface area contributed by atoms with E-state index in [2.05, 4.69) is 12.2 Å². The molecule has 0 saturated heterocycles. The number of carbonyl (C=O) groups is 1. The average molecular weight is 196 g/mol. The Hall–Kier alpha value is -0.570. The van der Waals surface area contributed by atoms with Gasteiger partial charge in [0.15, 0.2) is 0 Å². The van der Waals surface area contributed by atoms with Gasteiger partial charge in [0.25, 0.3) is 0 Å². The predicted molar refractivity (Wildman–Crippen MR) is 55.7 cm³/mol. The fraction of sp³-hybridized carbons (Fsp3) is 0.909. The van der Waals surface area contributed by atoms with Crippen molar-refractivity contribution in [2.75, 3.05) is 13.1 Å². The molecule has 2 saturated carbocycles. The minimum absolute atomic E-state index is 0.177. The molecule has 0 aliphatic heterocycles. The van der Waals surface area contributed by atoms with Gasteiger partial charge in [0.1, 0.15) is 0 Å². The Morgan fingerprint density at radius 3 is 2.36 bits per heavy atom. The highest BCUT2D eigenvalue weighted by molar-refractivity contribution is 5.85. The topological polar surface area (TPSA) is 55.1 Å². The first-order valence-corrected chi connectivity index (χ1v) is 5.65. The summed E-state index contributed by atoms with van der Waals surface area (Å²) in [7, 11) is 0. The lowest BCUT2D eigenvalue weighted by Gasteiger charge is -2.17. The SMILES string of the molecule is CCC1(CNC(=O)C2(CN)CC2)CC1. The third-order valence-corrected chi connectivity index (χ3v) is 4.06. The molecule has 3 nitrogen and oxygen atoms in total. The van der Waals surface area contributed by atoms with E-state index in [-0.39, 0.29) is 11.3 Å². The van der Waals surface area contributed by atoms with Crippen molar-refractivity contribution in [1.29, 1.82) is 0 Å². The van der Waals surface area contributed by atoms with Crippen molar-refractivity contribution in [3.05, 3.63) is 0 Å². The van der Waals surface area contributed by atoms with Gasteiger partial charge in [0.2, 0.25) is 5.91 Å². The Morgan fingerprint density at radius 1 is 1.36 bits per heavy atom. The second-order valence-corrected chi connectivity index (χ2v) is 5.02. The molecule has 14 heavy (non-hydrogen) atoms. The number of carbonyl (C=O) groups excluding carboxylic acids is 1. The lowest BCUT2D eigenvalue weighted by molar-refractivity contribution is -0.126. The normalized spacial score (nSPS) is 25.6. The highest BCUT2D eigenvalue weighted by Gasteiger charge is 2.49. The van der Waals surface area contributed by atoms with Crippen molar-refractivity contribution in [3.63, 3.8) is 0 Å². The monoisotopic (exact) mass is 196 g/mol. The number of hydrogen-bond acceptors (Lipinski definition) is 2. The molecule has 0 unspecified atom stereocenters. The van der Waals surface area contributed by atoms with E-state index >= 15 is 0 Å². The molecule has 2 aliphatic carbocycles. The van der Waals surface area contributed by atoms with E-state index in [1.165, 1.54) is 19.3 Å². The van der Waals surface area contributed by atoms with Crippen LogP contribution in [-0.2, 0) is 4.79 Å². The first kappa shape index (κ1) is 9.97. The molecule has 3 N–H and O–H groups in total. The third kappa shape index (κ3) is 1.65. The van der Waals surface area contributed by atoms with Gasteiger partial charge in [-0.1, -0.05) is 6.92 Å². The van der Waals surface area contributed by atoms with Gasteiger partial charge in [-0.15, -0.1) is 0 Å². The average Bonchev–Trinajstić information content (AvgIpc) is 3.10. The van der Waals surface area contributed by atoms with Gasteiger partial charge >= 0.3 is 0 Å². The summed E-state index contributed by atoms with van der Waals surface area (Å²) in [6, 6.07) is 0. The van der Waals surface area contributed by atoms with Crippen LogP contribution in [-0.4, -0.2) is 19.0 Å². The van der Waals surface area contributed by atoms with Crippen molar-refractivity contribution in [3.8, 4) is 0 Å². The van der Waals surface area contributed by atoms with Crippen molar-refractivity contribution in [2.24, 2.45) is 16.6 Å². The minimum atomic E-state index is -0.177. The molecule has 80 valence electrons. The molecule has 0 heterocycles. The van der Waals surface area contributed by atoms with E-state index in [0.717, 1.165) is 19.4 Å². The van der Waals surface area contributed by atoms with Crippen LogP contribution in [0.25, 0.3) is 0 Å².